The molecule has 0 saturated carbocycles. The number of likely N-dealkylation sites (tertiary alicyclic amines) is 1. The molecule has 1 N–H and O–H groups in total. The Kier molecular flexibility index (Phi) is 9.14. The quantitative estimate of drug-likeness (QED) is 0.499. The van der Waals surface area contributed by atoms with E-state index in [9.17, 15) is 8.42 Å². The molecule has 0 aliphatic carbocycles. The summed E-state index contributed by atoms with van der Waals surface area (Å²) in [5.41, 5.74) is 2.15. The fourth-order valence-electron chi connectivity index (χ4n) is 4.76. The molecule has 2 heterocycles. The summed E-state index contributed by atoms with van der Waals surface area (Å²) in [5.74, 6) is 0.882. The number of hydrazone groups is 1. The van der Waals surface area contributed by atoms with E-state index in [1.165, 1.54) is 50.8 Å². The van der Waals surface area contributed by atoms with Gasteiger partial charge in [-0.3, -0.25) is 5.01 Å². The summed E-state index contributed by atoms with van der Waals surface area (Å²) in [6.45, 7) is 6.62. The van der Waals surface area contributed by atoms with Crippen LogP contribution in [0.3, 0.4) is 0 Å². The van der Waals surface area contributed by atoms with Gasteiger partial charge in [0.25, 0.3) is 0 Å². The van der Waals surface area contributed by atoms with Gasteiger partial charge in [-0.05, 0) is 89.2 Å². The van der Waals surface area contributed by atoms with Gasteiger partial charge >= 0.3 is 0 Å². The number of unbranched alkanes of at least 4 members (excludes halogenated alkanes) is 2. The molecule has 2 atom stereocenters. The first-order valence-electron chi connectivity index (χ1n) is 12.4. The van der Waals surface area contributed by atoms with E-state index in [-0.39, 0.29) is 12.1 Å². The monoisotopic (exact) mass is 462 g/mol. The van der Waals surface area contributed by atoms with Gasteiger partial charge in [-0.2, -0.15) is 5.10 Å². The molecule has 180 valence electrons. The SMILES string of the molecule is CCCCC1=NN(C)C(C)C1NS(=O)(=O)c1ccc(CCCCC2CCN(C)CC2)cc1. The van der Waals surface area contributed by atoms with Crippen LogP contribution in [0.2, 0.25) is 0 Å². The molecule has 2 unspecified atom stereocenters. The summed E-state index contributed by atoms with van der Waals surface area (Å²) in [4.78, 5) is 2.76. The average molecular weight is 463 g/mol. The predicted octanol–water partition coefficient (Wildman–Crippen LogP) is 4.27. The highest BCUT2D eigenvalue weighted by atomic mass is 32.2. The zero-order valence-corrected chi connectivity index (χ0v) is 21.2. The number of likely N-dealkylation sites (N-methyl/N-ethyl adjacent to an activating group) is 1. The van der Waals surface area contributed by atoms with Crippen molar-refractivity contribution in [3.63, 3.8) is 0 Å². The number of nitrogens with one attached hydrogen (secondary N) is 1. The standard InChI is InChI=1S/C25H42N4O2S/c1-5-6-11-24-25(20(2)29(4)26-24)27-32(30,31)23-14-12-21(13-15-23)9-7-8-10-22-16-18-28(3)19-17-22/h12-15,20,22,25,27H,5-11,16-19H2,1-4H3. The molecular weight excluding hydrogens is 420 g/mol. The van der Waals surface area contributed by atoms with Crippen LogP contribution < -0.4 is 4.72 Å². The molecule has 2 aliphatic heterocycles. The highest BCUT2D eigenvalue weighted by molar-refractivity contribution is 7.89. The van der Waals surface area contributed by atoms with Crippen LogP contribution in [-0.4, -0.2) is 63.3 Å². The van der Waals surface area contributed by atoms with E-state index in [1.807, 2.05) is 31.1 Å². The Morgan fingerprint density at radius 3 is 2.38 bits per heavy atom. The second-order valence-corrected chi connectivity index (χ2v) is 11.5. The highest BCUT2D eigenvalue weighted by Crippen LogP contribution is 2.23. The Morgan fingerprint density at radius 2 is 1.72 bits per heavy atom. The fourth-order valence-corrected chi connectivity index (χ4v) is 6.06. The van der Waals surface area contributed by atoms with Crippen molar-refractivity contribution in [3.8, 4) is 0 Å². The van der Waals surface area contributed by atoms with Crippen LogP contribution >= 0.6 is 0 Å². The van der Waals surface area contributed by atoms with Crippen LogP contribution in [0.5, 0.6) is 0 Å². The number of benzene rings is 1. The first-order valence-corrected chi connectivity index (χ1v) is 13.9. The summed E-state index contributed by atoms with van der Waals surface area (Å²) in [7, 11) is 0.538. The normalized spacial score (nSPS) is 23.0. The van der Waals surface area contributed by atoms with Crippen LogP contribution in [0.1, 0.15) is 70.8 Å². The van der Waals surface area contributed by atoms with Crippen molar-refractivity contribution < 1.29 is 8.42 Å². The number of sulfonamides is 1. The Labute approximate surface area is 195 Å². The van der Waals surface area contributed by atoms with Crippen molar-refractivity contribution >= 4 is 15.7 Å². The van der Waals surface area contributed by atoms with Crippen LogP contribution in [0, 0.1) is 5.92 Å². The molecule has 2 aliphatic rings. The molecule has 1 aromatic carbocycles. The van der Waals surface area contributed by atoms with E-state index < -0.39 is 10.0 Å². The van der Waals surface area contributed by atoms with Crippen molar-refractivity contribution in [3.05, 3.63) is 29.8 Å². The molecule has 1 saturated heterocycles. The van der Waals surface area contributed by atoms with Gasteiger partial charge in [0.1, 0.15) is 0 Å². The zero-order chi connectivity index (χ0) is 23.1. The third kappa shape index (κ3) is 6.78. The van der Waals surface area contributed by atoms with Crippen molar-refractivity contribution in [1.82, 2.24) is 14.6 Å². The Hall–Kier alpha value is -1.44. The highest BCUT2D eigenvalue weighted by Gasteiger charge is 2.35. The number of hydrogen-bond acceptors (Lipinski definition) is 5. The van der Waals surface area contributed by atoms with Crippen LogP contribution in [0.4, 0.5) is 0 Å². The summed E-state index contributed by atoms with van der Waals surface area (Å²) in [6, 6.07) is 7.19. The molecule has 3 rings (SSSR count). The Morgan fingerprint density at radius 1 is 1.03 bits per heavy atom. The lowest BCUT2D eigenvalue weighted by molar-refractivity contribution is 0.210. The largest absolute Gasteiger partial charge is 0.306 e. The van der Waals surface area contributed by atoms with Gasteiger partial charge in [0.15, 0.2) is 0 Å². The fraction of sp³-hybridized carbons (Fsp3) is 0.720. The average Bonchev–Trinajstić information content (AvgIpc) is 3.04. The number of hydrogen-bond donors (Lipinski definition) is 1. The smallest absolute Gasteiger partial charge is 0.241 e. The molecule has 0 bridgehead atoms. The second kappa shape index (κ2) is 11.6. The van der Waals surface area contributed by atoms with E-state index in [2.05, 4.69) is 28.7 Å². The van der Waals surface area contributed by atoms with Gasteiger partial charge in [-0.1, -0.05) is 38.3 Å². The summed E-state index contributed by atoms with van der Waals surface area (Å²) >= 11 is 0. The number of aryl methyl sites for hydroxylation is 1. The van der Waals surface area contributed by atoms with Crippen LogP contribution in [0.25, 0.3) is 0 Å². The maximum atomic E-state index is 13.0. The van der Waals surface area contributed by atoms with Gasteiger partial charge in [-0.25, -0.2) is 13.1 Å². The van der Waals surface area contributed by atoms with Crippen LogP contribution in [0.15, 0.2) is 34.3 Å². The Bertz CT molecular complexity index is 845. The topological polar surface area (TPSA) is 65.0 Å². The lowest BCUT2D eigenvalue weighted by atomic mass is 9.91. The van der Waals surface area contributed by atoms with Gasteiger partial charge in [0.05, 0.1) is 22.7 Å². The lowest BCUT2D eigenvalue weighted by Crippen LogP contribution is -2.47. The van der Waals surface area contributed by atoms with Crippen molar-refractivity contribution in [2.45, 2.75) is 88.6 Å². The van der Waals surface area contributed by atoms with E-state index in [0.29, 0.717) is 4.90 Å². The Balaban J connectivity index is 1.50. The molecule has 0 spiro atoms. The maximum absolute atomic E-state index is 13.0. The molecule has 0 amide bonds. The number of nitrogens with zero attached hydrogens (tertiary/aromatic N) is 3. The number of rotatable bonds is 11. The zero-order valence-electron chi connectivity index (χ0n) is 20.4. The van der Waals surface area contributed by atoms with E-state index in [1.54, 1.807) is 12.1 Å². The lowest BCUT2D eigenvalue weighted by Gasteiger charge is -2.28. The number of piperidine rings is 1. The third-order valence-corrected chi connectivity index (χ3v) is 8.64. The summed E-state index contributed by atoms with van der Waals surface area (Å²) < 4.78 is 29.0. The minimum Gasteiger partial charge on any atom is -0.306 e. The first kappa shape index (κ1) is 25.2. The molecule has 7 heteroatoms. The van der Waals surface area contributed by atoms with E-state index >= 15 is 0 Å². The van der Waals surface area contributed by atoms with Crippen LogP contribution in [-0.2, 0) is 16.4 Å². The third-order valence-electron chi connectivity index (χ3n) is 7.19. The van der Waals surface area contributed by atoms with Gasteiger partial charge < -0.3 is 4.90 Å². The molecule has 1 fully saturated rings. The molecule has 1 aromatic rings. The summed E-state index contributed by atoms with van der Waals surface area (Å²) in [6.07, 6.45) is 10.3. The molecular formula is C25H42N4O2S. The summed E-state index contributed by atoms with van der Waals surface area (Å²) in [5, 5.41) is 6.45. The van der Waals surface area contributed by atoms with Gasteiger partial charge in [-0.15, -0.1) is 0 Å². The minimum absolute atomic E-state index is 0.0143. The predicted molar refractivity (Wildman–Crippen MR) is 133 cm³/mol. The van der Waals surface area contributed by atoms with Gasteiger partial charge in [0, 0.05) is 7.05 Å². The van der Waals surface area contributed by atoms with Gasteiger partial charge in [0.2, 0.25) is 10.0 Å². The van der Waals surface area contributed by atoms with Crippen molar-refractivity contribution in [2.24, 2.45) is 11.0 Å². The van der Waals surface area contributed by atoms with Crippen molar-refractivity contribution in [2.75, 3.05) is 27.2 Å². The van der Waals surface area contributed by atoms with Crippen molar-refractivity contribution in [1.29, 1.82) is 0 Å². The molecule has 32 heavy (non-hydrogen) atoms. The van der Waals surface area contributed by atoms with E-state index in [0.717, 1.165) is 37.3 Å². The van der Waals surface area contributed by atoms with E-state index in [4.69, 9.17) is 0 Å². The first-order chi connectivity index (χ1) is 15.3. The minimum atomic E-state index is -3.58. The maximum Gasteiger partial charge on any atom is 0.241 e. The molecule has 6 nitrogen and oxygen atoms in total. The second-order valence-electron chi connectivity index (χ2n) is 9.74. The molecule has 0 radical (unpaired) electrons. The molecule has 0 aromatic heterocycles.